The minimum absolute atomic E-state index is 0.0741. The Hall–Kier alpha value is -2.58. The molecule has 1 unspecified atom stereocenters. The van der Waals surface area contributed by atoms with Gasteiger partial charge in [0.2, 0.25) is 5.91 Å². The van der Waals surface area contributed by atoms with Gasteiger partial charge in [0, 0.05) is 12.3 Å². The molecule has 1 aliphatic rings. The highest BCUT2D eigenvalue weighted by Crippen LogP contribution is 2.29. The number of aromatic nitrogens is 3. The van der Waals surface area contributed by atoms with Crippen LogP contribution in [0.25, 0.3) is 11.4 Å². The Morgan fingerprint density at radius 1 is 1.26 bits per heavy atom. The third kappa shape index (κ3) is 5.19. The summed E-state index contributed by atoms with van der Waals surface area (Å²) in [6, 6.07) is 9.87. The fourth-order valence-corrected chi connectivity index (χ4v) is 4.39. The van der Waals surface area contributed by atoms with Gasteiger partial charge in [-0.1, -0.05) is 37.7 Å². The Labute approximate surface area is 186 Å². The second-order valence-corrected chi connectivity index (χ2v) is 9.00. The Morgan fingerprint density at radius 2 is 2.06 bits per heavy atom. The summed E-state index contributed by atoms with van der Waals surface area (Å²) in [6.45, 7) is 7.65. The number of ether oxygens (including phenoxy) is 1. The summed E-state index contributed by atoms with van der Waals surface area (Å²) < 4.78 is 13.3. The first-order chi connectivity index (χ1) is 15.0. The quantitative estimate of drug-likeness (QED) is 0.503. The molecule has 4 rings (SSSR count). The van der Waals surface area contributed by atoms with Crippen molar-refractivity contribution in [3.63, 3.8) is 0 Å². The van der Waals surface area contributed by atoms with Crippen LogP contribution in [0.3, 0.4) is 0 Å². The highest BCUT2D eigenvalue weighted by molar-refractivity contribution is 7.99. The molecule has 164 valence electrons. The van der Waals surface area contributed by atoms with Crippen molar-refractivity contribution >= 4 is 23.4 Å². The molecule has 1 aliphatic heterocycles. The van der Waals surface area contributed by atoms with Gasteiger partial charge < -0.3 is 14.5 Å². The minimum atomic E-state index is -0.0741. The van der Waals surface area contributed by atoms with Crippen LogP contribution in [0.5, 0.6) is 0 Å². The first-order valence-corrected chi connectivity index (χ1v) is 11.6. The van der Waals surface area contributed by atoms with Gasteiger partial charge in [-0.25, -0.2) is 0 Å². The standard InChI is InChI=1S/C23H28N4O3S/c1-15(2)17-6-8-18(9-7-17)24-21(28)14-31-23-26-25-22(20-10-12-29-16(20)3)27(23)13-19-5-4-11-30-19/h6-10,12,15,19H,4-5,11,13-14H2,1-3H3,(H,24,28). The van der Waals surface area contributed by atoms with Crippen molar-refractivity contribution in [1.29, 1.82) is 0 Å². The molecule has 0 saturated carbocycles. The SMILES string of the molecule is Cc1occc1-c1nnc(SCC(=O)Nc2ccc(C(C)C)cc2)n1CC1CCCO1. The van der Waals surface area contributed by atoms with E-state index in [4.69, 9.17) is 9.15 Å². The van der Waals surface area contributed by atoms with Crippen LogP contribution in [-0.2, 0) is 16.1 Å². The number of thioether (sulfide) groups is 1. The van der Waals surface area contributed by atoms with Crippen LogP contribution in [0, 0.1) is 6.92 Å². The fraction of sp³-hybridized carbons (Fsp3) is 0.435. The predicted molar refractivity (Wildman–Crippen MR) is 121 cm³/mol. The van der Waals surface area contributed by atoms with Crippen LogP contribution in [0.2, 0.25) is 0 Å². The molecule has 3 aromatic rings. The van der Waals surface area contributed by atoms with E-state index in [9.17, 15) is 4.79 Å². The molecule has 8 heteroatoms. The number of nitrogens with zero attached hydrogens (tertiary/aromatic N) is 3. The zero-order valence-electron chi connectivity index (χ0n) is 18.1. The van der Waals surface area contributed by atoms with E-state index < -0.39 is 0 Å². The molecule has 31 heavy (non-hydrogen) atoms. The van der Waals surface area contributed by atoms with Gasteiger partial charge in [-0.3, -0.25) is 9.36 Å². The number of nitrogens with one attached hydrogen (secondary N) is 1. The van der Waals surface area contributed by atoms with Crippen LogP contribution >= 0.6 is 11.8 Å². The highest BCUT2D eigenvalue weighted by Gasteiger charge is 2.23. The van der Waals surface area contributed by atoms with E-state index in [0.29, 0.717) is 17.6 Å². The van der Waals surface area contributed by atoms with Gasteiger partial charge in [-0.15, -0.1) is 10.2 Å². The number of rotatable bonds is 8. The number of aryl methyl sites for hydroxylation is 1. The van der Waals surface area contributed by atoms with Crippen LogP contribution in [0.15, 0.2) is 46.2 Å². The van der Waals surface area contributed by atoms with Crippen molar-refractivity contribution in [3.05, 3.63) is 47.9 Å². The molecular formula is C23H28N4O3S. The lowest BCUT2D eigenvalue weighted by molar-refractivity contribution is -0.113. The molecule has 0 aliphatic carbocycles. The highest BCUT2D eigenvalue weighted by atomic mass is 32.2. The molecule has 1 saturated heterocycles. The summed E-state index contributed by atoms with van der Waals surface area (Å²) in [6.07, 6.45) is 3.86. The number of hydrogen-bond acceptors (Lipinski definition) is 6. The first kappa shape index (κ1) is 21.6. The summed E-state index contributed by atoms with van der Waals surface area (Å²) in [7, 11) is 0. The Bertz CT molecular complexity index is 1020. The van der Waals surface area contributed by atoms with E-state index in [1.54, 1.807) is 6.26 Å². The van der Waals surface area contributed by atoms with Crippen molar-refractivity contribution < 1.29 is 13.9 Å². The molecule has 0 radical (unpaired) electrons. The van der Waals surface area contributed by atoms with E-state index in [1.807, 2.05) is 41.8 Å². The molecule has 1 fully saturated rings. The van der Waals surface area contributed by atoms with Gasteiger partial charge in [-0.05, 0) is 49.4 Å². The largest absolute Gasteiger partial charge is 0.469 e. The zero-order chi connectivity index (χ0) is 21.8. The number of amides is 1. The van der Waals surface area contributed by atoms with E-state index in [-0.39, 0.29) is 17.8 Å². The number of anilines is 1. The second-order valence-electron chi connectivity index (χ2n) is 8.06. The molecule has 2 aromatic heterocycles. The normalized spacial score (nSPS) is 16.2. The van der Waals surface area contributed by atoms with Crippen molar-refractivity contribution in [1.82, 2.24) is 14.8 Å². The molecule has 0 bridgehead atoms. The molecule has 1 aromatic carbocycles. The van der Waals surface area contributed by atoms with Crippen molar-refractivity contribution in [2.24, 2.45) is 0 Å². The molecular weight excluding hydrogens is 412 g/mol. The lowest BCUT2D eigenvalue weighted by atomic mass is 10.0. The van der Waals surface area contributed by atoms with Gasteiger partial charge in [0.05, 0.1) is 30.2 Å². The first-order valence-electron chi connectivity index (χ1n) is 10.6. The lowest BCUT2D eigenvalue weighted by Crippen LogP contribution is -2.18. The second kappa shape index (κ2) is 9.70. The molecule has 3 heterocycles. The Morgan fingerprint density at radius 3 is 2.71 bits per heavy atom. The summed E-state index contributed by atoms with van der Waals surface area (Å²) in [5.74, 6) is 2.17. The summed E-state index contributed by atoms with van der Waals surface area (Å²) in [4.78, 5) is 12.5. The smallest absolute Gasteiger partial charge is 0.234 e. The van der Waals surface area contributed by atoms with Gasteiger partial charge in [0.1, 0.15) is 5.76 Å². The molecule has 0 spiro atoms. The van der Waals surface area contributed by atoms with Crippen LogP contribution in [0.4, 0.5) is 5.69 Å². The average molecular weight is 441 g/mol. The lowest BCUT2D eigenvalue weighted by Gasteiger charge is -2.14. The van der Waals surface area contributed by atoms with Crippen molar-refractivity contribution in [2.45, 2.75) is 57.3 Å². The number of benzene rings is 1. The van der Waals surface area contributed by atoms with Crippen LogP contribution in [0.1, 0.15) is 43.9 Å². The number of furan rings is 1. The summed E-state index contributed by atoms with van der Waals surface area (Å²) in [5.41, 5.74) is 2.95. The number of hydrogen-bond donors (Lipinski definition) is 1. The third-order valence-electron chi connectivity index (χ3n) is 5.42. The van der Waals surface area contributed by atoms with Gasteiger partial charge in [-0.2, -0.15) is 0 Å². The number of carbonyl (C=O) groups excluding carboxylic acids is 1. The fourth-order valence-electron chi connectivity index (χ4n) is 3.65. The summed E-state index contributed by atoms with van der Waals surface area (Å²) >= 11 is 1.38. The minimum Gasteiger partial charge on any atom is -0.469 e. The third-order valence-corrected chi connectivity index (χ3v) is 6.39. The molecule has 1 amide bonds. The topological polar surface area (TPSA) is 82.2 Å². The van der Waals surface area contributed by atoms with Crippen LogP contribution < -0.4 is 5.32 Å². The maximum atomic E-state index is 12.5. The van der Waals surface area contributed by atoms with Crippen molar-refractivity contribution in [2.75, 3.05) is 17.7 Å². The Balaban J connectivity index is 1.45. The van der Waals surface area contributed by atoms with E-state index in [0.717, 1.165) is 42.3 Å². The monoisotopic (exact) mass is 440 g/mol. The van der Waals surface area contributed by atoms with Crippen molar-refractivity contribution in [3.8, 4) is 11.4 Å². The van der Waals surface area contributed by atoms with Gasteiger partial charge >= 0.3 is 0 Å². The predicted octanol–water partition coefficient (Wildman–Crippen LogP) is 4.88. The zero-order valence-corrected chi connectivity index (χ0v) is 18.9. The Kier molecular flexibility index (Phi) is 6.77. The van der Waals surface area contributed by atoms with Gasteiger partial charge in [0.25, 0.3) is 0 Å². The number of carbonyl (C=O) groups is 1. The van der Waals surface area contributed by atoms with Crippen LogP contribution in [-0.4, -0.2) is 39.1 Å². The van der Waals surface area contributed by atoms with E-state index >= 15 is 0 Å². The maximum absolute atomic E-state index is 12.5. The molecule has 7 nitrogen and oxygen atoms in total. The average Bonchev–Trinajstić information content (AvgIpc) is 3.49. The van der Waals surface area contributed by atoms with Gasteiger partial charge in [0.15, 0.2) is 11.0 Å². The summed E-state index contributed by atoms with van der Waals surface area (Å²) in [5, 5.41) is 12.4. The van der Waals surface area contributed by atoms with E-state index in [2.05, 4.69) is 29.4 Å². The maximum Gasteiger partial charge on any atom is 0.234 e. The molecule has 1 atom stereocenters. The van der Waals surface area contributed by atoms with E-state index in [1.165, 1.54) is 17.3 Å². The molecule has 1 N–H and O–H groups in total.